The molecule has 3 nitrogen and oxygen atoms in total. The maximum Gasteiger partial charge on any atom is 0.511 e. The molecule has 7 heteroatoms. The average Bonchev–Trinajstić information content (AvgIpc) is 2.33. The highest BCUT2D eigenvalue weighted by molar-refractivity contribution is 7.90. The fraction of sp³-hybridized carbons (Fsp3) is 0.667. The zero-order valence-electron chi connectivity index (χ0n) is 6.80. The van der Waals surface area contributed by atoms with E-state index in [0.29, 0.717) is 9.88 Å². The van der Waals surface area contributed by atoms with Gasteiger partial charge in [-0.25, -0.2) is 8.42 Å². The van der Waals surface area contributed by atoms with Gasteiger partial charge in [0.1, 0.15) is 0 Å². The van der Waals surface area contributed by atoms with Crippen molar-refractivity contribution in [1.29, 1.82) is 0 Å². The predicted octanol–water partition coefficient (Wildman–Crippen LogP) is 1.10. The summed E-state index contributed by atoms with van der Waals surface area (Å²) >= 11 is 0. The quantitative estimate of drug-likeness (QED) is 0.614. The minimum atomic E-state index is -5.19. The molecule has 0 spiro atoms. The summed E-state index contributed by atoms with van der Waals surface area (Å²) < 4.78 is 57.8. The van der Waals surface area contributed by atoms with E-state index < -0.39 is 15.5 Å². The van der Waals surface area contributed by atoms with E-state index in [9.17, 15) is 21.6 Å². The van der Waals surface area contributed by atoms with Crippen molar-refractivity contribution in [3.8, 4) is 0 Å². The summed E-state index contributed by atoms with van der Waals surface area (Å²) in [7, 11) is -5.13. The first kappa shape index (κ1) is 10.5. The van der Waals surface area contributed by atoms with E-state index >= 15 is 0 Å². The Morgan fingerprint density at radius 3 is 2.31 bits per heavy atom. The maximum absolute atomic E-state index is 12.0. The Morgan fingerprint density at radius 2 is 2.00 bits per heavy atom. The van der Waals surface area contributed by atoms with Crippen molar-refractivity contribution in [2.45, 2.75) is 12.4 Å². The molecule has 0 bridgehead atoms. The van der Waals surface area contributed by atoms with Crippen molar-refractivity contribution >= 4 is 10.0 Å². The molecular formula is C6H8F3NO2S. The smallest absolute Gasteiger partial charge is 0.203 e. The number of sulfonamides is 1. The van der Waals surface area contributed by atoms with Gasteiger partial charge in [0, 0.05) is 13.1 Å². The molecule has 0 saturated carbocycles. The van der Waals surface area contributed by atoms with Crippen molar-refractivity contribution in [3.05, 3.63) is 11.6 Å². The number of alkyl halides is 3. The van der Waals surface area contributed by atoms with Gasteiger partial charge in [0.2, 0.25) is 0 Å². The molecule has 0 aromatic rings. The van der Waals surface area contributed by atoms with Crippen LogP contribution in [-0.2, 0) is 10.0 Å². The van der Waals surface area contributed by atoms with Gasteiger partial charge >= 0.3 is 15.5 Å². The lowest BCUT2D eigenvalue weighted by atomic mass is 10.3. The second-order valence-electron chi connectivity index (χ2n) is 2.79. The zero-order chi connectivity index (χ0) is 10.3. The lowest BCUT2D eigenvalue weighted by Crippen LogP contribution is -2.39. The largest absolute Gasteiger partial charge is 0.511 e. The van der Waals surface area contributed by atoms with Crippen LogP contribution >= 0.6 is 0 Å². The van der Waals surface area contributed by atoms with Crippen molar-refractivity contribution in [1.82, 2.24) is 4.31 Å². The van der Waals surface area contributed by atoms with E-state index in [1.54, 1.807) is 6.92 Å². The standard InChI is InChI=1S/C6H8F3NO2S/c1-5-2-3-10(4-5)13(11,12)6(7,8)9/h2H,3-4H2,1H3. The van der Waals surface area contributed by atoms with Crippen LogP contribution in [-0.4, -0.2) is 31.3 Å². The summed E-state index contributed by atoms with van der Waals surface area (Å²) in [5.74, 6) is 0. The van der Waals surface area contributed by atoms with Crippen molar-refractivity contribution in [2.24, 2.45) is 0 Å². The van der Waals surface area contributed by atoms with Crippen LogP contribution in [0.15, 0.2) is 11.6 Å². The Hall–Kier alpha value is -0.560. The van der Waals surface area contributed by atoms with Crippen molar-refractivity contribution in [2.75, 3.05) is 13.1 Å². The number of hydrogen-bond donors (Lipinski definition) is 0. The highest BCUT2D eigenvalue weighted by Crippen LogP contribution is 2.28. The molecule has 1 aliphatic heterocycles. The predicted molar refractivity (Wildman–Crippen MR) is 40.3 cm³/mol. The maximum atomic E-state index is 12.0. The van der Waals surface area contributed by atoms with Gasteiger partial charge < -0.3 is 0 Å². The Kier molecular flexibility index (Phi) is 2.42. The molecule has 0 N–H and O–H groups in total. The Bertz CT molecular complexity index is 330. The average molecular weight is 215 g/mol. The highest BCUT2D eigenvalue weighted by Gasteiger charge is 2.50. The molecule has 0 atom stereocenters. The van der Waals surface area contributed by atoms with Gasteiger partial charge in [-0.3, -0.25) is 0 Å². The number of halogens is 3. The number of nitrogens with zero attached hydrogens (tertiary/aromatic N) is 1. The molecule has 0 fully saturated rings. The fourth-order valence-electron chi connectivity index (χ4n) is 0.994. The summed E-state index contributed by atoms with van der Waals surface area (Å²) in [5, 5.41) is 0. The molecule has 0 radical (unpaired) electrons. The molecule has 0 aromatic heterocycles. The van der Waals surface area contributed by atoms with E-state index in [-0.39, 0.29) is 13.1 Å². The molecule has 13 heavy (non-hydrogen) atoms. The lowest BCUT2D eigenvalue weighted by molar-refractivity contribution is -0.0482. The molecule has 1 rings (SSSR count). The van der Waals surface area contributed by atoms with Crippen LogP contribution in [0.3, 0.4) is 0 Å². The van der Waals surface area contributed by atoms with Gasteiger partial charge in [0.05, 0.1) is 0 Å². The summed E-state index contributed by atoms with van der Waals surface area (Å²) in [4.78, 5) is 0. The van der Waals surface area contributed by atoms with Crippen LogP contribution in [0.2, 0.25) is 0 Å². The second-order valence-corrected chi connectivity index (χ2v) is 4.72. The van der Waals surface area contributed by atoms with Gasteiger partial charge in [-0.2, -0.15) is 17.5 Å². The van der Waals surface area contributed by atoms with Crippen LogP contribution in [0.25, 0.3) is 0 Å². The normalized spacial score (nSPS) is 20.5. The summed E-state index contributed by atoms with van der Waals surface area (Å²) in [6, 6.07) is 0. The van der Waals surface area contributed by atoms with E-state index in [1.165, 1.54) is 6.08 Å². The minimum Gasteiger partial charge on any atom is -0.203 e. The zero-order valence-corrected chi connectivity index (χ0v) is 7.61. The molecule has 0 aromatic carbocycles. The van der Waals surface area contributed by atoms with E-state index in [4.69, 9.17) is 0 Å². The van der Waals surface area contributed by atoms with Crippen LogP contribution in [0.5, 0.6) is 0 Å². The van der Waals surface area contributed by atoms with Gasteiger partial charge in [0.25, 0.3) is 0 Å². The van der Waals surface area contributed by atoms with Gasteiger partial charge in [-0.15, -0.1) is 0 Å². The molecule has 0 saturated heterocycles. The molecule has 0 aliphatic carbocycles. The third-order valence-electron chi connectivity index (χ3n) is 1.70. The molecule has 76 valence electrons. The van der Waals surface area contributed by atoms with Crippen LogP contribution in [0, 0.1) is 0 Å². The van der Waals surface area contributed by atoms with Crippen LogP contribution < -0.4 is 0 Å². The first-order chi connectivity index (χ1) is 5.75. The van der Waals surface area contributed by atoms with Gasteiger partial charge in [0.15, 0.2) is 0 Å². The third-order valence-corrected chi connectivity index (χ3v) is 3.24. The monoisotopic (exact) mass is 215 g/mol. The minimum absolute atomic E-state index is 0.165. The summed E-state index contributed by atoms with van der Waals surface area (Å²) in [6.45, 7) is 1.24. The van der Waals surface area contributed by atoms with Gasteiger partial charge in [-0.1, -0.05) is 11.6 Å². The van der Waals surface area contributed by atoms with E-state index in [1.807, 2.05) is 0 Å². The first-order valence-corrected chi connectivity index (χ1v) is 4.91. The number of hydrogen-bond acceptors (Lipinski definition) is 2. The summed E-state index contributed by atoms with van der Waals surface area (Å²) in [6.07, 6.45) is 1.46. The Balaban J connectivity index is 2.87. The van der Waals surface area contributed by atoms with Crippen molar-refractivity contribution in [3.63, 3.8) is 0 Å². The molecular weight excluding hydrogens is 207 g/mol. The fourth-order valence-corrected chi connectivity index (χ4v) is 1.93. The lowest BCUT2D eigenvalue weighted by Gasteiger charge is -2.17. The Labute approximate surface area is 73.9 Å². The number of rotatable bonds is 1. The molecule has 0 amide bonds. The molecule has 1 aliphatic rings. The summed E-state index contributed by atoms with van der Waals surface area (Å²) in [5.41, 5.74) is -4.56. The van der Waals surface area contributed by atoms with Crippen LogP contribution in [0.4, 0.5) is 13.2 Å². The SMILES string of the molecule is CC1=CCN(S(=O)(=O)C(F)(F)F)C1. The second kappa shape index (κ2) is 2.98. The van der Waals surface area contributed by atoms with E-state index in [2.05, 4.69) is 0 Å². The van der Waals surface area contributed by atoms with Gasteiger partial charge in [-0.05, 0) is 6.92 Å². The molecule has 1 heterocycles. The molecule has 0 unspecified atom stereocenters. The highest BCUT2D eigenvalue weighted by atomic mass is 32.2. The van der Waals surface area contributed by atoms with E-state index in [0.717, 1.165) is 0 Å². The Morgan fingerprint density at radius 1 is 1.46 bits per heavy atom. The third kappa shape index (κ3) is 1.86. The van der Waals surface area contributed by atoms with Crippen LogP contribution in [0.1, 0.15) is 6.92 Å². The topological polar surface area (TPSA) is 37.4 Å². The first-order valence-electron chi connectivity index (χ1n) is 3.47. The van der Waals surface area contributed by atoms with Crippen molar-refractivity contribution < 1.29 is 21.6 Å².